The summed E-state index contributed by atoms with van der Waals surface area (Å²) in [6, 6.07) is 0.708. The van der Waals surface area contributed by atoms with E-state index >= 15 is 0 Å². The molecule has 5 heteroatoms. The summed E-state index contributed by atoms with van der Waals surface area (Å²) in [5.74, 6) is 1.35. The molecular formula is C19H37N3O2. The van der Waals surface area contributed by atoms with Crippen molar-refractivity contribution in [2.45, 2.75) is 44.6 Å². The molecule has 0 aromatic heterocycles. The average Bonchev–Trinajstić information content (AvgIpc) is 2.66. The summed E-state index contributed by atoms with van der Waals surface area (Å²) in [5, 5.41) is 13.2. The molecule has 3 aliphatic rings. The number of hydrogen-bond donors (Lipinski definition) is 2. The minimum absolute atomic E-state index is 0.387. The minimum atomic E-state index is 0.387. The number of morpholine rings is 1. The molecule has 0 amide bonds. The smallest absolute Gasteiger partial charge is 0.0594 e. The lowest BCUT2D eigenvalue weighted by molar-refractivity contribution is 0.0318. The van der Waals surface area contributed by atoms with Gasteiger partial charge < -0.3 is 20.1 Å². The Morgan fingerprint density at radius 1 is 0.875 bits per heavy atom. The van der Waals surface area contributed by atoms with Crippen molar-refractivity contribution in [1.29, 1.82) is 0 Å². The Bertz CT molecular complexity index is 342. The van der Waals surface area contributed by atoms with Crippen molar-refractivity contribution in [2.75, 3.05) is 65.6 Å². The number of aliphatic hydroxyl groups is 1. The maximum absolute atomic E-state index is 9.36. The van der Waals surface area contributed by atoms with Gasteiger partial charge in [-0.25, -0.2) is 0 Å². The van der Waals surface area contributed by atoms with E-state index in [-0.39, 0.29) is 0 Å². The lowest BCUT2D eigenvalue weighted by atomic mass is 9.81. The van der Waals surface area contributed by atoms with E-state index in [1.54, 1.807) is 0 Å². The Kier molecular flexibility index (Phi) is 7.80. The molecule has 0 aromatic carbocycles. The van der Waals surface area contributed by atoms with Crippen molar-refractivity contribution >= 4 is 0 Å². The zero-order valence-corrected chi connectivity index (χ0v) is 15.3. The van der Waals surface area contributed by atoms with Gasteiger partial charge in [0, 0.05) is 38.8 Å². The van der Waals surface area contributed by atoms with Crippen molar-refractivity contribution in [3.63, 3.8) is 0 Å². The van der Waals surface area contributed by atoms with E-state index in [9.17, 15) is 5.11 Å². The second-order valence-electron chi connectivity index (χ2n) is 8.06. The highest BCUT2D eigenvalue weighted by atomic mass is 16.5. The lowest BCUT2D eigenvalue weighted by Crippen LogP contribution is -2.47. The zero-order chi connectivity index (χ0) is 16.6. The zero-order valence-electron chi connectivity index (χ0n) is 15.3. The van der Waals surface area contributed by atoms with Crippen LogP contribution in [0, 0.1) is 11.8 Å². The van der Waals surface area contributed by atoms with Crippen LogP contribution in [0.4, 0.5) is 0 Å². The molecule has 2 heterocycles. The third-order valence-electron chi connectivity index (χ3n) is 6.27. The molecule has 2 aliphatic heterocycles. The fourth-order valence-corrected chi connectivity index (χ4v) is 4.56. The summed E-state index contributed by atoms with van der Waals surface area (Å²) in [6.07, 6.45) is 7.69. The number of likely N-dealkylation sites (tertiary alicyclic amines) is 1. The molecular weight excluding hydrogens is 302 g/mol. The van der Waals surface area contributed by atoms with E-state index in [0.29, 0.717) is 18.6 Å². The number of aliphatic hydroxyl groups excluding tert-OH is 1. The first kappa shape index (κ1) is 18.6. The van der Waals surface area contributed by atoms with E-state index in [0.717, 1.165) is 38.8 Å². The van der Waals surface area contributed by atoms with E-state index in [2.05, 4.69) is 15.1 Å². The summed E-state index contributed by atoms with van der Waals surface area (Å²) in [5.41, 5.74) is 0. The average molecular weight is 340 g/mol. The molecule has 24 heavy (non-hydrogen) atoms. The number of rotatable bonds is 7. The molecule has 1 saturated carbocycles. The highest BCUT2D eigenvalue weighted by Crippen LogP contribution is 2.28. The van der Waals surface area contributed by atoms with Gasteiger partial charge in [0.15, 0.2) is 0 Å². The summed E-state index contributed by atoms with van der Waals surface area (Å²) < 4.78 is 5.42. The number of nitrogens with zero attached hydrogens (tertiary/aromatic N) is 2. The molecule has 3 rings (SSSR count). The van der Waals surface area contributed by atoms with Crippen LogP contribution in [0.15, 0.2) is 0 Å². The first-order valence-corrected chi connectivity index (χ1v) is 10.2. The lowest BCUT2D eigenvalue weighted by Gasteiger charge is -2.36. The Labute approximate surface area is 147 Å². The predicted molar refractivity (Wildman–Crippen MR) is 97.3 cm³/mol. The Hall–Kier alpha value is -0.200. The van der Waals surface area contributed by atoms with Gasteiger partial charge in [0.2, 0.25) is 0 Å². The molecule has 140 valence electrons. The topological polar surface area (TPSA) is 48.0 Å². The van der Waals surface area contributed by atoms with Crippen LogP contribution in [0.25, 0.3) is 0 Å². The van der Waals surface area contributed by atoms with Crippen LogP contribution in [0.3, 0.4) is 0 Å². The maximum atomic E-state index is 9.36. The van der Waals surface area contributed by atoms with E-state index in [1.165, 1.54) is 64.7 Å². The van der Waals surface area contributed by atoms with Crippen molar-refractivity contribution in [3.8, 4) is 0 Å². The van der Waals surface area contributed by atoms with E-state index < -0.39 is 0 Å². The highest BCUT2D eigenvalue weighted by Gasteiger charge is 2.24. The van der Waals surface area contributed by atoms with Gasteiger partial charge in [-0.1, -0.05) is 6.42 Å². The Morgan fingerprint density at radius 3 is 2.25 bits per heavy atom. The molecule has 2 N–H and O–H groups in total. The van der Waals surface area contributed by atoms with Crippen LogP contribution in [-0.4, -0.2) is 86.6 Å². The summed E-state index contributed by atoms with van der Waals surface area (Å²) in [6.45, 7) is 10.5. The monoisotopic (exact) mass is 339 g/mol. The Morgan fingerprint density at radius 2 is 1.54 bits per heavy atom. The SMILES string of the molecule is OC[C@@H]1CCC[C@H](CNC2CCN(CCN3CCOCC3)CC2)C1. The van der Waals surface area contributed by atoms with Gasteiger partial charge in [0.05, 0.1) is 13.2 Å². The van der Waals surface area contributed by atoms with Gasteiger partial charge >= 0.3 is 0 Å². The van der Waals surface area contributed by atoms with Gasteiger partial charge in [0.25, 0.3) is 0 Å². The second kappa shape index (κ2) is 10.1. The van der Waals surface area contributed by atoms with Gasteiger partial charge in [-0.05, 0) is 63.6 Å². The number of hydrogen-bond acceptors (Lipinski definition) is 5. The first-order valence-electron chi connectivity index (χ1n) is 10.2. The molecule has 3 fully saturated rings. The van der Waals surface area contributed by atoms with Gasteiger partial charge in [-0.2, -0.15) is 0 Å². The fraction of sp³-hybridized carbons (Fsp3) is 1.00. The number of nitrogens with one attached hydrogen (secondary N) is 1. The largest absolute Gasteiger partial charge is 0.396 e. The van der Waals surface area contributed by atoms with Crippen LogP contribution < -0.4 is 5.32 Å². The number of piperidine rings is 1. The molecule has 0 bridgehead atoms. The highest BCUT2D eigenvalue weighted by molar-refractivity contribution is 4.81. The number of ether oxygens (including phenoxy) is 1. The van der Waals surface area contributed by atoms with Gasteiger partial charge in [-0.15, -0.1) is 0 Å². The third kappa shape index (κ3) is 5.95. The maximum Gasteiger partial charge on any atom is 0.0594 e. The van der Waals surface area contributed by atoms with Crippen molar-refractivity contribution in [1.82, 2.24) is 15.1 Å². The normalized spacial score (nSPS) is 31.4. The molecule has 5 nitrogen and oxygen atoms in total. The van der Waals surface area contributed by atoms with Gasteiger partial charge in [-0.3, -0.25) is 4.90 Å². The standard InChI is InChI=1S/C19H37N3O2/c23-16-18-3-1-2-17(14-18)15-20-19-4-6-21(7-5-19)8-9-22-10-12-24-13-11-22/h17-20,23H,1-16H2/t17-,18+/m0/s1. The summed E-state index contributed by atoms with van der Waals surface area (Å²) in [4.78, 5) is 5.17. The van der Waals surface area contributed by atoms with Crippen LogP contribution in [-0.2, 0) is 4.74 Å². The van der Waals surface area contributed by atoms with Crippen molar-refractivity contribution < 1.29 is 9.84 Å². The molecule has 1 aliphatic carbocycles. The van der Waals surface area contributed by atoms with Crippen LogP contribution >= 0.6 is 0 Å². The van der Waals surface area contributed by atoms with E-state index in [4.69, 9.17) is 4.74 Å². The van der Waals surface area contributed by atoms with Crippen LogP contribution in [0.1, 0.15) is 38.5 Å². The van der Waals surface area contributed by atoms with E-state index in [1.807, 2.05) is 0 Å². The predicted octanol–water partition coefficient (Wildman–Crippen LogP) is 1.17. The van der Waals surface area contributed by atoms with Crippen LogP contribution in [0.5, 0.6) is 0 Å². The second-order valence-corrected chi connectivity index (χ2v) is 8.06. The van der Waals surface area contributed by atoms with Crippen molar-refractivity contribution in [3.05, 3.63) is 0 Å². The Balaban J connectivity index is 1.26. The molecule has 0 spiro atoms. The fourth-order valence-electron chi connectivity index (χ4n) is 4.56. The minimum Gasteiger partial charge on any atom is -0.396 e. The van der Waals surface area contributed by atoms with Crippen LogP contribution in [0.2, 0.25) is 0 Å². The summed E-state index contributed by atoms with van der Waals surface area (Å²) >= 11 is 0. The molecule has 2 atom stereocenters. The molecule has 0 unspecified atom stereocenters. The third-order valence-corrected chi connectivity index (χ3v) is 6.27. The quantitative estimate of drug-likeness (QED) is 0.729. The van der Waals surface area contributed by atoms with Gasteiger partial charge in [0.1, 0.15) is 0 Å². The molecule has 2 saturated heterocycles. The van der Waals surface area contributed by atoms with Crippen molar-refractivity contribution in [2.24, 2.45) is 11.8 Å². The summed E-state index contributed by atoms with van der Waals surface area (Å²) in [7, 11) is 0. The molecule has 0 radical (unpaired) electrons. The first-order chi connectivity index (χ1) is 11.8. The molecule has 0 aromatic rings.